The van der Waals surface area contributed by atoms with Crippen LogP contribution < -0.4 is 20.7 Å². The van der Waals surface area contributed by atoms with E-state index in [2.05, 4.69) is 45.2 Å². The molecule has 148 valence electrons. The number of amides is 1. The SMILES string of the molecule is CCCNC(=O)CNC(=NC)NCCCOc1ccc2ccccc2c1.I. The zero-order valence-electron chi connectivity index (χ0n) is 16.0. The van der Waals surface area contributed by atoms with Gasteiger partial charge < -0.3 is 20.7 Å². The first-order valence-corrected chi connectivity index (χ1v) is 9.05. The average Bonchev–Trinajstić information content (AvgIpc) is 2.68. The lowest BCUT2D eigenvalue weighted by molar-refractivity contribution is -0.120. The largest absolute Gasteiger partial charge is 0.494 e. The second-order valence-corrected chi connectivity index (χ2v) is 5.91. The second kappa shape index (κ2) is 13.2. The third-order valence-electron chi connectivity index (χ3n) is 3.82. The number of carbonyl (C=O) groups excluding carboxylic acids is 1. The molecule has 0 aliphatic heterocycles. The highest BCUT2D eigenvalue weighted by Gasteiger charge is 2.02. The fourth-order valence-electron chi connectivity index (χ4n) is 2.44. The van der Waals surface area contributed by atoms with Gasteiger partial charge in [0.05, 0.1) is 13.2 Å². The Bertz CT molecular complexity index is 737. The first-order valence-electron chi connectivity index (χ1n) is 9.05. The van der Waals surface area contributed by atoms with Gasteiger partial charge in [0.2, 0.25) is 5.91 Å². The van der Waals surface area contributed by atoms with Gasteiger partial charge in [-0.1, -0.05) is 37.3 Å². The van der Waals surface area contributed by atoms with Gasteiger partial charge >= 0.3 is 0 Å². The highest BCUT2D eigenvalue weighted by Crippen LogP contribution is 2.20. The van der Waals surface area contributed by atoms with Gasteiger partial charge in [0.15, 0.2) is 5.96 Å². The van der Waals surface area contributed by atoms with Crippen molar-refractivity contribution >= 4 is 46.6 Å². The summed E-state index contributed by atoms with van der Waals surface area (Å²) >= 11 is 0. The third-order valence-corrected chi connectivity index (χ3v) is 3.82. The summed E-state index contributed by atoms with van der Waals surface area (Å²) in [6, 6.07) is 14.3. The molecule has 0 aliphatic rings. The van der Waals surface area contributed by atoms with Crippen LogP contribution in [0, 0.1) is 0 Å². The summed E-state index contributed by atoms with van der Waals surface area (Å²) in [5.41, 5.74) is 0. The summed E-state index contributed by atoms with van der Waals surface area (Å²) in [6.07, 6.45) is 1.76. The minimum absolute atomic E-state index is 0. The van der Waals surface area contributed by atoms with Gasteiger partial charge in [-0.05, 0) is 35.7 Å². The van der Waals surface area contributed by atoms with Gasteiger partial charge in [-0.15, -0.1) is 24.0 Å². The quantitative estimate of drug-likeness (QED) is 0.222. The third kappa shape index (κ3) is 8.47. The maximum atomic E-state index is 11.6. The van der Waals surface area contributed by atoms with E-state index < -0.39 is 0 Å². The molecule has 0 bridgehead atoms. The fourth-order valence-corrected chi connectivity index (χ4v) is 2.44. The first-order chi connectivity index (χ1) is 12.7. The summed E-state index contributed by atoms with van der Waals surface area (Å²) in [5.74, 6) is 1.45. The second-order valence-electron chi connectivity index (χ2n) is 5.91. The molecule has 0 fully saturated rings. The van der Waals surface area contributed by atoms with E-state index in [1.54, 1.807) is 7.05 Å². The van der Waals surface area contributed by atoms with Crippen molar-refractivity contribution in [2.75, 3.05) is 33.3 Å². The molecule has 0 aliphatic carbocycles. The van der Waals surface area contributed by atoms with E-state index >= 15 is 0 Å². The maximum Gasteiger partial charge on any atom is 0.239 e. The Labute approximate surface area is 178 Å². The van der Waals surface area contributed by atoms with Gasteiger partial charge in [0.1, 0.15) is 5.75 Å². The molecule has 7 heteroatoms. The van der Waals surface area contributed by atoms with Crippen LogP contribution in [0.4, 0.5) is 0 Å². The number of aliphatic imine (C=N–C) groups is 1. The number of nitrogens with one attached hydrogen (secondary N) is 3. The molecule has 2 aromatic rings. The zero-order valence-corrected chi connectivity index (χ0v) is 18.3. The van der Waals surface area contributed by atoms with Crippen LogP contribution in [0.25, 0.3) is 10.8 Å². The summed E-state index contributed by atoms with van der Waals surface area (Å²) in [4.78, 5) is 15.7. The fraction of sp³-hybridized carbons (Fsp3) is 0.400. The molecule has 0 saturated heterocycles. The van der Waals surface area contributed by atoms with E-state index in [0.717, 1.165) is 18.6 Å². The lowest BCUT2D eigenvalue weighted by Gasteiger charge is -2.12. The van der Waals surface area contributed by atoms with Crippen molar-refractivity contribution in [2.24, 2.45) is 4.99 Å². The minimum atomic E-state index is -0.0329. The Morgan fingerprint density at radius 1 is 1.04 bits per heavy atom. The summed E-state index contributed by atoms with van der Waals surface area (Å²) < 4.78 is 5.81. The monoisotopic (exact) mass is 484 g/mol. The number of rotatable bonds is 9. The van der Waals surface area contributed by atoms with E-state index in [-0.39, 0.29) is 36.4 Å². The van der Waals surface area contributed by atoms with E-state index in [4.69, 9.17) is 4.74 Å². The number of carbonyl (C=O) groups is 1. The molecule has 0 atom stereocenters. The number of guanidine groups is 1. The summed E-state index contributed by atoms with van der Waals surface area (Å²) in [7, 11) is 1.69. The van der Waals surface area contributed by atoms with Gasteiger partial charge in [-0.3, -0.25) is 9.79 Å². The number of benzene rings is 2. The van der Waals surface area contributed by atoms with Crippen LogP contribution in [0.3, 0.4) is 0 Å². The molecule has 27 heavy (non-hydrogen) atoms. The number of ether oxygens (including phenoxy) is 1. The lowest BCUT2D eigenvalue weighted by Crippen LogP contribution is -2.43. The number of nitrogens with zero attached hydrogens (tertiary/aromatic N) is 1. The number of halogens is 1. The van der Waals surface area contributed by atoms with Crippen molar-refractivity contribution in [3.8, 4) is 5.75 Å². The Kier molecular flexibility index (Phi) is 11.2. The Balaban J connectivity index is 0.00000364. The standard InChI is InChI=1S/C20H28N4O2.HI/c1-3-11-22-19(25)15-24-20(21-2)23-12-6-13-26-18-10-9-16-7-4-5-8-17(16)14-18;/h4-5,7-10,14H,3,6,11-13,15H2,1-2H3,(H,22,25)(H2,21,23,24);1H. The molecule has 0 radical (unpaired) electrons. The molecule has 2 aromatic carbocycles. The topological polar surface area (TPSA) is 74.8 Å². The van der Waals surface area contributed by atoms with Crippen molar-refractivity contribution < 1.29 is 9.53 Å². The van der Waals surface area contributed by atoms with E-state index in [0.29, 0.717) is 25.7 Å². The van der Waals surface area contributed by atoms with Crippen LogP contribution in [0.2, 0.25) is 0 Å². The number of hydrogen-bond donors (Lipinski definition) is 3. The van der Waals surface area contributed by atoms with Gasteiger partial charge in [-0.2, -0.15) is 0 Å². The molecule has 1 amide bonds. The average molecular weight is 484 g/mol. The highest BCUT2D eigenvalue weighted by molar-refractivity contribution is 14.0. The van der Waals surface area contributed by atoms with Crippen LogP contribution >= 0.6 is 24.0 Å². The number of fused-ring (bicyclic) bond motifs is 1. The van der Waals surface area contributed by atoms with Crippen LogP contribution in [0.15, 0.2) is 47.5 Å². The van der Waals surface area contributed by atoms with Crippen LogP contribution in [-0.4, -0.2) is 45.2 Å². The zero-order chi connectivity index (χ0) is 18.6. The van der Waals surface area contributed by atoms with E-state index in [9.17, 15) is 4.79 Å². The minimum Gasteiger partial charge on any atom is -0.494 e. The summed E-state index contributed by atoms with van der Waals surface area (Å²) in [6.45, 7) is 4.25. The van der Waals surface area contributed by atoms with E-state index in [1.165, 1.54) is 10.8 Å². The molecule has 3 N–H and O–H groups in total. The molecule has 0 unspecified atom stereocenters. The van der Waals surface area contributed by atoms with Crippen molar-refractivity contribution in [3.63, 3.8) is 0 Å². The van der Waals surface area contributed by atoms with Crippen molar-refractivity contribution in [3.05, 3.63) is 42.5 Å². The molecule has 0 saturated carbocycles. The molecule has 2 rings (SSSR count). The first kappa shape index (κ1) is 23.0. The lowest BCUT2D eigenvalue weighted by atomic mass is 10.1. The number of hydrogen-bond acceptors (Lipinski definition) is 3. The Morgan fingerprint density at radius 3 is 2.56 bits per heavy atom. The normalized spacial score (nSPS) is 10.8. The Morgan fingerprint density at radius 2 is 1.81 bits per heavy atom. The van der Waals surface area contributed by atoms with Crippen molar-refractivity contribution in [1.82, 2.24) is 16.0 Å². The maximum absolute atomic E-state index is 11.6. The van der Waals surface area contributed by atoms with Crippen LogP contribution in [0.1, 0.15) is 19.8 Å². The van der Waals surface area contributed by atoms with Gasteiger partial charge in [0.25, 0.3) is 0 Å². The smallest absolute Gasteiger partial charge is 0.239 e. The van der Waals surface area contributed by atoms with Crippen molar-refractivity contribution in [2.45, 2.75) is 19.8 Å². The van der Waals surface area contributed by atoms with Crippen LogP contribution in [-0.2, 0) is 4.79 Å². The van der Waals surface area contributed by atoms with Crippen LogP contribution in [0.5, 0.6) is 5.75 Å². The molecule has 0 heterocycles. The van der Waals surface area contributed by atoms with Gasteiger partial charge in [-0.25, -0.2) is 0 Å². The van der Waals surface area contributed by atoms with Crippen molar-refractivity contribution in [1.29, 1.82) is 0 Å². The molecular formula is C20H29IN4O2. The molecule has 6 nitrogen and oxygen atoms in total. The molecule has 0 aromatic heterocycles. The predicted octanol–water partition coefficient (Wildman–Crippen LogP) is 2.92. The van der Waals surface area contributed by atoms with Gasteiger partial charge in [0, 0.05) is 20.1 Å². The summed E-state index contributed by atoms with van der Waals surface area (Å²) in [5, 5.41) is 11.4. The predicted molar refractivity (Wildman–Crippen MR) is 122 cm³/mol. The highest BCUT2D eigenvalue weighted by atomic mass is 127. The Hall–Kier alpha value is -2.03. The molecular weight excluding hydrogens is 455 g/mol. The van der Waals surface area contributed by atoms with E-state index in [1.807, 2.05) is 25.1 Å². The molecule has 0 spiro atoms.